The second-order valence-electron chi connectivity index (χ2n) is 7.03. The van der Waals surface area contributed by atoms with Crippen molar-refractivity contribution in [3.8, 4) is 5.75 Å². The van der Waals surface area contributed by atoms with Crippen molar-refractivity contribution in [3.05, 3.63) is 30.5 Å². The number of ether oxygens (including phenoxy) is 1. The first-order chi connectivity index (χ1) is 12.4. The van der Waals surface area contributed by atoms with Gasteiger partial charge >= 0.3 is 0 Å². The molecule has 0 bridgehead atoms. The molecule has 4 heteroatoms. The van der Waals surface area contributed by atoms with Crippen LogP contribution in [0.4, 0.5) is 5.69 Å². The lowest BCUT2D eigenvalue weighted by atomic mass is 9.99. The van der Waals surface area contributed by atoms with Gasteiger partial charge in [0.05, 0.1) is 18.3 Å². The van der Waals surface area contributed by atoms with E-state index in [1.54, 1.807) is 7.11 Å². The summed E-state index contributed by atoms with van der Waals surface area (Å²) < 4.78 is 5.41. The number of nitrogens with one attached hydrogen (secondary N) is 2. The van der Waals surface area contributed by atoms with Gasteiger partial charge in [-0.05, 0) is 44.4 Å². The first-order valence-electron chi connectivity index (χ1n) is 9.77. The fraction of sp³-hybridized carbons (Fsp3) is 0.571. The van der Waals surface area contributed by atoms with Crippen molar-refractivity contribution in [3.63, 3.8) is 0 Å². The summed E-state index contributed by atoms with van der Waals surface area (Å²) in [6.45, 7) is 2.21. The molecule has 4 nitrogen and oxygen atoms in total. The van der Waals surface area contributed by atoms with Gasteiger partial charge in [-0.15, -0.1) is 0 Å². The molecule has 0 aliphatic carbocycles. The summed E-state index contributed by atoms with van der Waals surface area (Å²) in [6, 6.07) is 8.90. The summed E-state index contributed by atoms with van der Waals surface area (Å²) in [5, 5.41) is 8.30. The van der Waals surface area contributed by atoms with Crippen LogP contribution in [0.3, 0.4) is 0 Å². The second-order valence-corrected chi connectivity index (χ2v) is 7.03. The predicted octanol–water partition coefficient (Wildman–Crippen LogP) is 4.75. The van der Waals surface area contributed by atoms with E-state index in [4.69, 9.17) is 4.74 Å². The Hall–Kier alpha value is -1.81. The topological polar surface area (TPSA) is 46.2 Å². The first kappa shape index (κ1) is 18.0. The van der Waals surface area contributed by atoms with E-state index in [1.165, 1.54) is 57.9 Å². The number of aromatic nitrogens is 1. The van der Waals surface area contributed by atoms with E-state index in [-0.39, 0.29) is 0 Å². The number of nitrogens with zero attached hydrogens (tertiary/aromatic N) is 1. The average Bonchev–Trinajstić information content (AvgIpc) is 2.67. The lowest BCUT2D eigenvalue weighted by Crippen LogP contribution is -2.33. The Kier molecular flexibility index (Phi) is 6.92. The Balaban J connectivity index is 1.39. The highest BCUT2D eigenvalue weighted by Crippen LogP contribution is 2.27. The zero-order valence-electron chi connectivity index (χ0n) is 15.4. The number of hydrogen-bond acceptors (Lipinski definition) is 4. The maximum atomic E-state index is 5.41. The fourth-order valence-corrected chi connectivity index (χ4v) is 3.68. The summed E-state index contributed by atoms with van der Waals surface area (Å²) in [7, 11) is 1.71. The molecule has 0 saturated carbocycles. The Morgan fingerprint density at radius 2 is 2.12 bits per heavy atom. The van der Waals surface area contributed by atoms with Crippen molar-refractivity contribution in [2.24, 2.45) is 0 Å². The number of hydrogen-bond donors (Lipinski definition) is 2. The van der Waals surface area contributed by atoms with Gasteiger partial charge in [-0.3, -0.25) is 4.98 Å². The van der Waals surface area contributed by atoms with E-state index in [0.717, 1.165) is 34.9 Å². The normalized spacial score (nSPS) is 17.6. The molecular weight excluding hydrogens is 310 g/mol. The van der Waals surface area contributed by atoms with Crippen molar-refractivity contribution >= 4 is 16.6 Å². The quantitative estimate of drug-likeness (QED) is 0.646. The van der Waals surface area contributed by atoms with Gasteiger partial charge in [-0.25, -0.2) is 0 Å². The van der Waals surface area contributed by atoms with Crippen LogP contribution in [0.15, 0.2) is 30.5 Å². The van der Waals surface area contributed by atoms with Crippen LogP contribution in [0.25, 0.3) is 10.9 Å². The van der Waals surface area contributed by atoms with Gasteiger partial charge in [0.15, 0.2) is 0 Å². The van der Waals surface area contributed by atoms with E-state index >= 15 is 0 Å². The number of rotatable bonds is 9. The number of unbranched alkanes of at least 4 members (excludes halogenated alkanes) is 3. The predicted molar refractivity (Wildman–Crippen MR) is 106 cm³/mol. The minimum Gasteiger partial charge on any atom is -0.497 e. The van der Waals surface area contributed by atoms with Crippen LogP contribution in [0.2, 0.25) is 0 Å². The molecule has 2 N–H and O–H groups in total. The van der Waals surface area contributed by atoms with Crippen LogP contribution in [-0.2, 0) is 0 Å². The average molecular weight is 341 g/mol. The lowest BCUT2D eigenvalue weighted by molar-refractivity contribution is 0.371. The first-order valence-corrected chi connectivity index (χ1v) is 9.77. The van der Waals surface area contributed by atoms with Gasteiger partial charge < -0.3 is 15.4 Å². The third-order valence-corrected chi connectivity index (χ3v) is 5.12. The molecule has 3 rings (SSSR count). The molecule has 0 spiro atoms. The van der Waals surface area contributed by atoms with Crippen molar-refractivity contribution in [2.75, 3.05) is 25.5 Å². The van der Waals surface area contributed by atoms with Crippen LogP contribution in [0, 0.1) is 0 Å². The molecule has 0 unspecified atom stereocenters. The molecule has 1 aromatic carbocycles. The Bertz CT molecular complexity index is 653. The highest BCUT2D eigenvalue weighted by atomic mass is 16.5. The third kappa shape index (κ3) is 5.33. The number of methoxy groups -OCH3 is 1. The van der Waals surface area contributed by atoms with E-state index in [1.807, 2.05) is 24.4 Å². The minimum atomic E-state index is 0.779. The molecule has 1 aliphatic rings. The number of fused-ring (bicyclic) bond motifs is 1. The van der Waals surface area contributed by atoms with Gasteiger partial charge in [-0.1, -0.05) is 31.7 Å². The van der Waals surface area contributed by atoms with E-state index in [9.17, 15) is 0 Å². The zero-order valence-corrected chi connectivity index (χ0v) is 15.4. The fourth-order valence-electron chi connectivity index (χ4n) is 3.68. The maximum absolute atomic E-state index is 5.41. The molecule has 0 amide bonds. The van der Waals surface area contributed by atoms with Crippen molar-refractivity contribution in [1.82, 2.24) is 10.3 Å². The Labute approximate surface area is 151 Å². The van der Waals surface area contributed by atoms with Crippen molar-refractivity contribution < 1.29 is 4.74 Å². The van der Waals surface area contributed by atoms with E-state index in [0.29, 0.717) is 0 Å². The number of benzene rings is 1. The molecule has 1 aromatic heterocycles. The number of piperidine rings is 1. The highest BCUT2D eigenvalue weighted by molar-refractivity contribution is 5.91. The zero-order chi connectivity index (χ0) is 17.3. The summed E-state index contributed by atoms with van der Waals surface area (Å²) >= 11 is 0. The molecule has 0 radical (unpaired) electrons. The summed E-state index contributed by atoms with van der Waals surface area (Å²) in [6.07, 6.45) is 12.5. The van der Waals surface area contributed by atoms with Gasteiger partial charge in [0.25, 0.3) is 0 Å². The van der Waals surface area contributed by atoms with Gasteiger partial charge in [0.2, 0.25) is 0 Å². The molecule has 1 aliphatic heterocycles. The second kappa shape index (κ2) is 9.62. The van der Waals surface area contributed by atoms with Crippen molar-refractivity contribution in [2.45, 2.75) is 57.4 Å². The van der Waals surface area contributed by atoms with Crippen LogP contribution < -0.4 is 15.4 Å². The number of pyridine rings is 1. The monoisotopic (exact) mass is 341 g/mol. The summed E-state index contributed by atoms with van der Waals surface area (Å²) in [5.74, 6) is 0.878. The SMILES string of the molecule is COc1cc(NCCCCCC[C@@H]2CCCCN2)c2ncccc2c1. The Morgan fingerprint density at radius 1 is 1.20 bits per heavy atom. The molecule has 2 heterocycles. The van der Waals surface area contributed by atoms with E-state index in [2.05, 4.69) is 21.7 Å². The lowest BCUT2D eigenvalue weighted by Gasteiger charge is -2.23. The number of anilines is 1. The minimum absolute atomic E-state index is 0.779. The summed E-state index contributed by atoms with van der Waals surface area (Å²) in [4.78, 5) is 4.51. The molecule has 1 saturated heterocycles. The van der Waals surface area contributed by atoms with E-state index < -0.39 is 0 Å². The smallest absolute Gasteiger partial charge is 0.121 e. The summed E-state index contributed by atoms with van der Waals surface area (Å²) in [5.41, 5.74) is 2.09. The standard InChI is InChI=1S/C21H31N3O/c1-25-19-15-17-9-8-14-24-21(17)20(16-19)23-13-6-3-2-4-10-18-11-5-7-12-22-18/h8-9,14-16,18,22-23H,2-7,10-13H2,1H3/t18-/m1/s1. The molecule has 2 aromatic rings. The maximum Gasteiger partial charge on any atom is 0.121 e. The molecule has 1 fully saturated rings. The van der Waals surface area contributed by atoms with Gasteiger partial charge in [0, 0.05) is 30.2 Å². The van der Waals surface area contributed by atoms with Crippen LogP contribution in [-0.4, -0.2) is 31.2 Å². The van der Waals surface area contributed by atoms with Gasteiger partial charge in [-0.2, -0.15) is 0 Å². The van der Waals surface area contributed by atoms with Gasteiger partial charge in [0.1, 0.15) is 5.75 Å². The molecule has 136 valence electrons. The largest absolute Gasteiger partial charge is 0.497 e. The highest BCUT2D eigenvalue weighted by Gasteiger charge is 2.11. The molecule has 25 heavy (non-hydrogen) atoms. The molecule has 1 atom stereocenters. The molecular formula is C21H31N3O. The van der Waals surface area contributed by atoms with Crippen molar-refractivity contribution in [1.29, 1.82) is 0 Å². The van der Waals surface area contributed by atoms with Crippen LogP contribution in [0.1, 0.15) is 51.4 Å². The Morgan fingerprint density at radius 3 is 2.96 bits per heavy atom. The van der Waals surface area contributed by atoms with Crippen LogP contribution >= 0.6 is 0 Å². The third-order valence-electron chi connectivity index (χ3n) is 5.12. The van der Waals surface area contributed by atoms with Crippen LogP contribution in [0.5, 0.6) is 5.75 Å².